The standard InChI is InChI=1S/C14H15BrN2S/c15-14-7-10(9-18-14)8-17-6-2-3-11-12(16)4-1-5-13(11)17/h1,4-5,7,9H,2-3,6,8,16H2. The van der Waals surface area contributed by atoms with Crippen LogP contribution in [0.15, 0.2) is 33.4 Å². The molecule has 0 saturated heterocycles. The predicted octanol–water partition coefficient (Wildman–Crippen LogP) is 4.05. The van der Waals surface area contributed by atoms with Crippen LogP contribution >= 0.6 is 27.3 Å². The van der Waals surface area contributed by atoms with Gasteiger partial charge in [0.25, 0.3) is 0 Å². The van der Waals surface area contributed by atoms with E-state index >= 15 is 0 Å². The summed E-state index contributed by atoms with van der Waals surface area (Å²) in [5, 5.41) is 2.21. The molecule has 2 N–H and O–H groups in total. The first kappa shape index (κ1) is 12.1. The van der Waals surface area contributed by atoms with E-state index < -0.39 is 0 Å². The van der Waals surface area contributed by atoms with Crippen molar-refractivity contribution in [1.29, 1.82) is 0 Å². The lowest BCUT2D eigenvalue weighted by Gasteiger charge is -2.31. The molecule has 3 rings (SSSR count). The summed E-state index contributed by atoms with van der Waals surface area (Å²) in [6, 6.07) is 8.44. The van der Waals surface area contributed by atoms with Gasteiger partial charge in [-0.3, -0.25) is 0 Å². The van der Waals surface area contributed by atoms with E-state index in [-0.39, 0.29) is 0 Å². The highest BCUT2D eigenvalue weighted by molar-refractivity contribution is 9.11. The lowest BCUT2D eigenvalue weighted by molar-refractivity contribution is 0.693. The first-order chi connectivity index (χ1) is 8.74. The summed E-state index contributed by atoms with van der Waals surface area (Å²) in [6.07, 6.45) is 2.29. The number of nitrogens with zero attached hydrogens (tertiary/aromatic N) is 1. The van der Waals surface area contributed by atoms with Crippen molar-refractivity contribution in [2.24, 2.45) is 0 Å². The summed E-state index contributed by atoms with van der Waals surface area (Å²) >= 11 is 5.26. The van der Waals surface area contributed by atoms with Crippen LogP contribution in [-0.4, -0.2) is 6.54 Å². The Labute approximate surface area is 120 Å². The van der Waals surface area contributed by atoms with Crippen LogP contribution in [0.4, 0.5) is 11.4 Å². The van der Waals surface area contributed by atoms with Gasteiger partial charge in [0.1, 0.15) is 0 Å². The molecule has 2 aromatic rings. The quantitative estimate of drug-likeness (QED) is 0.845. The van der Waals surface area contributed by atoms with Gasteiger partial charge < -0.3 is 10.6 Å². The van der Waals surface area contributed by atoms with Crippen molar-refractivity contribution in [2.75, 3.05) is 17.2 Å². The molecule has 0 saturated carbocycles. The number of hydrogen-bond acceptors (Lipinski definition) is 3. The molecular formula is C14H15BrN2S. The summed E-state index contributed by atoms with van der Waals surface area (Å²) in [5.74, 6) is 0. The lowest BCUT2D eigenvalue weighted by atomic mass is 9.99. The average Bonchev–Trinajstić information content (AvgIpc) is 2.76. The van der Waals surface area contributed by atoms with Crippen LogP contribution < -0.4 is 10.6 Å². The second kappa shape index (κ2) is 4.94. The van der Waals surface area contributed by atoms with Crippen LogP contribution in [0.5, 0.6) is 0 Å². The van der Waals surface area contributed by atoms with Crippen molar-refractivity contribution in [3.05, 3.63) is 44.6 Å². The number of rotatable bonds is 2. The first-order valence-corrected chi connectivity index (χ1v) is 7.76. The molecule has 0 atom stereocenters. The molecule has 94 valence electrons. The van der Waals surface area contributed by atoms with E-state index in [1.54, 1.807) is 11.3 Å². The predicted molar refractivity (Wildman–Crippen MR) is 82.2 cm³/mol. The molecule has 4 heteroatoms. The molecule has 1 aliphatic rings. The van der Waals surface area contributed by atoms with Gasteiger partial charge in [0, 0.05) is 24.5 Å². The highest BCUT2D eigenvalue weighted by Gasteiger charge is 2.18. The fourth-order valence-corrected chi connectivity index (χ4v) is 3.74. The Morgan fingerprint density at radius 1 is 1.39 bits per heavy atom. The molecule has 0 fully saturated rings. The smallest absolute Gasteiger partial charge is 0.0701 e. The normalized spacial score (nSPS) is 14.6. The van der Waals surface area contributed by atoms with Crippen LogP contribution in [0.2, 0.25) is 0 Å². The van der Waals surface area contributed by atoms with E-state index in [1.165, 1.54) is 27.0 Å². The maximum atomic E-state index is 6.07. The molecule has 0 amide bonds. The summed E-state index contributed by atoms with van der Waals surface area (Å²) in [4.78, 5) is 2.43. The van der Waals surface area contributed by atoms with Gasteiger partial charge >= 0.3 is 0 Å². The summed E-state index contributed by atoms with van der Waals surface area (Å²) in [6.45, 7) is 2.09. The van der Waals surface area contributed by atoms with Gasteiger partial charge in [0.05, 0.1) is 3.79 Å². The van der Waals surface area contributed by atoms with Gasteiger partial charge in [0.2, 0.25) is 0 Å². The molecule has 0 unspecified atom stereocenters. The molecule has 0 aliphatic carbocycles. The maximum absolute atomic E-state index is 6.07. The fraction of sp³-hybridized carbons (Fsp3) is 0.286. The molecule has 1 aliphatic heterocycles. The van der Waals surface area contributed by atoms with E-state index in [0.717, 1.165) is 25.2 Å². The van der Waals surface area contributed by atoms with Crippen LogP contribution in [0.25, 0.3) is 0 Å². The molecular weight excluding hydrogens is 308 g/mol. The van der Waals surface area contributed by atoms with Crippen molar-refractivity contribution >= 4 is 38.6 Å². The summed E-state index contributed by atoms with van der Waals surface area (Å²) < 4.78 is 1.20. The van der Waals surface area contributed by atoms with Crippen molar-refractivity contribution in [1.82, 2.24) is 0 Å². The van der Waals surface area contributed by atoms with Gasteiger partial charge in [0.15, 0.2) is 0 Å². The molecule has 1 aromatic carbocycles. The molecule has 2 nitrogen and oxygen atoms in total. The third-order valence-electron chi connectivity index (χ3n) is 3.38. The summed E-state index contributed by atoms with van der Waals surface area (Å²) in [7, 11) is 0. The van der Waals surface area contributed by atoms with Gasteiger partial charge in [-0.15, -0.1) is 11.3 Å². The van der Waals surface area contributed by atoms with Crippen LogP contribution in [-0.2, 0) is 13.0 Å². The number of nitrogen functional groups attached to an aromatic ring is 1. The Hall–Kier alpha value is -1.00. The Morgan fingerprint density at radius 2 is 2.28 bits per heavy atom. The highest BCUT2D eigenvalue weighted by atomic mass is 79.9. The summed E-state index contributed by atoms with van der Waals surface area (Å²) in [5.41, 5.74) is 11.0. The Bertz CT molecular complexity index is 565. The van der Waals surface area contributed by atoms with Gasteiger partial charge in [-0.05, 0) is 63.5 Å². The molecule has 18 heavy (non-hydrogen) atoms. The van der Waals surface area contributed by atoms with Crippen LogP contribution in [0, 0.1) is 0 Å². The zero-order chi connectivity index (χ0) is 12.5. The van der Waals surface area contributed by atoms with E-state index in [9.17, 15) is 0 Å². The Kier molecular flexibility index (Phi) is 3.31. The highest BCUT2D eigenvalue weighted by Crippen LogP contribution is 2.33. The zero-order valence-electron chi connectivity index (χ0n) is 10.0. The average molecular weight is 323 g/mol. The zero-order valence-corrected chi connectivity index (χ0v) is 12.4. The molecule has 0 radical (unpaired) electrons. The van der Waals surface area contributed by atoms with Crippen molar-refractivity contribution in [2.45, 2.75) is 19.4 Å². The minimum atomic E-state index is 0.934. The Balaban J connectivity index is 1.89. The number of nitrogens with two attached hydrogens (primary N) is 1. The third kappa shape index (κ3) is 2.27. The van der Waals surface area contributed by atoms with Gasteiger partial charge in [-0.25, -0.2) is 0 Å². The number of halogens is 1. The minimum Gasteiger partial charge on any atom is -0.398 e. The van der Waals surface area contributed by atoms with Crippen LogP contribution in [0.1, 0.15) is 17.5 Å². The number of benzene rings is 1. The molecule has 1 aromatic heterocycles. The van der Waals surface area contributed by atoms with E-state index in [4.69, 9.17) is 5.73 Å². The van der Waals surface area contributed by atoms with Crippen LogP contribution in [0.3, 0.4) is 0 Å². The topological polar surface area (TPSA) is 29.3 Å². The number of thiophene rings is 1. The van der Waals surface area contributed by atoms with Crippen molar-refractivity contribution in [3.8, 4) is 0 Å². The van der Waals surface area contributed by atoms with Crippen molar-refractivity contribution < 1.29 is 0 Å². The van der Waals surface area contributed by atoms with Gasteiger partial charge in [-0.2, -0.15) is 0 Å². The fourth-order valence-electron chi connectivity index (χ4n) is 2.54. The molecule has 0 bridgehead atoms. The van der Waals surface area contributed by atoms with Crippen molar-refractivity contribution in [3.63, 3.8) is 0 Å². The lowest BCUT2D eigenvalue weighted by Crippen LogP contribution is -2.29. The number of hydrogen-bond donors (Lipinski definition) is 1. The van der Waals surface area contributed by atoms with E-state index in [0.29, 0.717) is 0 Å². The van der Waals surface area contributed by atoms with E-state index in [1.807, 2.05) is 6.07 Å². The van der Waals surface area contributed by atoms with E-state index in [2.05, 4.69) is 44.4 Å². The monoisotopic (exact) mass is 322 g/mol. The molecule has 2 heterocycles. The number of fused-ring (bicyclic) bond motifs is 1. The second-order valence-electron chi connectivity index (χ2n) is 4.63. The first-order valence-electron chi connectivity index (χ1n) is 6.09. The Morgan fingerprint density at radius 3 is 3.06 bits per heavy atom. The third-order valence-corrected chi connectivity index (χ3v) is 4.93. The van der Waals surface area contributed by atoms with Gasteiger partial charge in [-0.1, -0.05) is 6.07 Å². The SMILES string of the molecule is Nc1cccc2c1CCCN2Cc1csc(Br)c1. The number of anilines is 2. The minimum absolute atomic E-state index is 0.934. The molecule has 0 spiro atoms. The largest absolute Gasteiger partial charge is 0.398 e. The maximum Gasteiger partial charge on any atom is 0.0701 e. The second-order valence-corrected chi connectivity index (χ2v) is 6.92.